The number of anilines is 1. The number of aryl methyl sites for hydroxylation is 1. The second kappa shape index (κ2) is 3.53. The number of rotatable bonds is 2. The van der Waals surface area contributed by atoms with Gasteiger partial charge in [-0.15, -0.1) is 0 Å². The molecule has 0 aliphatic heterocycles. The third-order valence-corrected chi connectivity index (χ3v) is 2.78. The Hall–Kier alpha value is -1.58. The summed E-state index contributed by atoms with van der Waals surface area (Å²) >= 11 is 0. The van der Waals surface area contributed by atoms with E-state index >= 15 is 0 Å². The van der Waals surface area contributed by atoms with Crippen molar-refractivity contribution in [3.63, 3.8) is 0 Å². The molecule has 4 nitrogen and oxygen atoms in total. The van der Waals surface area contributed by atoms with Gasteiger partial charge in [0, 0.05) is 6.04 Å². The molecule has 2 rings (SSSR count). The topological polar surface area (TPSA) is 68.0 Å². The Labute approximate surface area is 88.9 Å². The van der Waals surface area contributed by atoms with E-state index < -0.39 is 0 Å². The van der Waals surface area contributed by atoms with Crippen LogP contribution in [0.4, 0.5) is 5.69 Å². The molecule has 0 spiro atoms. The molecule has 80 valence electrons. The van der Waals surface area contributed by atoms with E-state index in [9.17, 15) is 4.79 Å². The first-order chi connectivity index (χ1) is 7.08. The van der Waals surface area contributed by atoms with Crippen LogP contribution in [0.3, 0.4) is 0 Å². The molecule has 1 aliphatic carbocycles. The largest absolute Gasteiger partial charge is 0.397 e. The Morgan fingerprint density at radius 3 is 2.93 bits per heavy atom. The maximum Gasteiger partial charge on any atom is 0.253 e. The molecular formula is C11H15N3O. The second-order valence-corrected chi connectivity index (χ2v) is 4.19. The molecule has 0 aromatic carbocycles. The summed E-state index contributed by atoms with van der Waals surface area (Å²) in [7, 11) is 0. The maximum absolute atomic E-state index is 11.8. The molecule has 15 heavy (non-hydrogen) atoms. The summed E-state index contributed by atoms with van der Waals surface area (Å²) in [6.07, 6.45) is 2.63. The summed E-state index contributed by atoms with van der Waals surface area (Å²) in [6, 6.07) is 2.00. The predicted molar refractivity (Wildman–Crippen MR) is 58.4 cm³/mol. The molecular weight excluding hydrogens is 190 g/mol. The number of aromatic nitrogens is 1. The minimum absolute atomic E-state index is 0.0679. The monoisotopic (exact) mass is 205 g/mol. The van der Waals surface area contributed by atoms with Crippen molar-refractivity contribution >= 4 is 11.6 Å². The summed E-state index contributed by atoms with van der Waals surface area (Å²) in [5.41, 5.74) is 7.41. The lowest BCUT2D eigenvalue weighted by Crippen LogP contribution is -2.27. The molecule has 0 radical (unpaired) electrons. The third kappa shape index (κ3) is 2.09. The van der Waals surface area contributed by atoms with Gasteiger partial charge in [0.2, 0.25) is 0 Å². The van der Waals surface area contributed by atoms with E-state index in [0.717, 1.165) is 12.1 Å². The number of nitrogen functional groups attached to an aromatic ring is 1. The fourth-order valence-electron chi connectivity index (χ4n) is 1.55. The number of carbonyl (C=O) groups is 1. The van der Waals surface area contributed by atoms with Crippen LogP contribution in [0.25, 0.3) is 0 Å². The number of hydrogen-bond donors (Lipinski definition) is 2. The number of amides is 1. The third-order valence-electron chi connectivity index (χ3n) is 2.78. The van der Waals surface area contributed by atoms with Crippen LogP contribution in [-0.2, 0) is 0 Å². The summed E-state index contributed by atoms with van der Waals surface area (Å²) in [4.78, 5) is 15.9. The number of nitrogens with one attached hydrogen (secondary N) is 1. The molecule has 1 aliphatic rings. The Morgan fingerprint density at radius 2 is 2.33 bits per heavy atom. The highest BCUT2D eigenvalue weighted by atomic mass is 16.1. The van der Waals surface area contributed by atoms with Crippen molar-refractivity contribution in [1.82, 2.24) is 10.3 Å². The minimum Gasteiger partial charge on any atom is -0.397 e. The standard InChI is InChI=1S/C11H15N3O/c1-6-3-10(6)14-11(15)9-4-8(12)5-13-7(9)2/h4-6,10H,3,12H2,1-2H3,(H,14,15). The highest BCUT2D eigenvalue weighted by Gasteiger charge is 2.34. The zero-order valence-electron chi connectivity index (χ0n) is 8.95. The maximum atomic E-state index is 11.8. The van der Waals surface area contributed by atoms with Crippen LogP contribution in [0.5, 0.6) is 0 Å². The van der Waals surface area contributed by atoms with Crippen molar-refractivity contribution < 1.29 is 4.79 Å². The fraction of sp³-hybridized carbons (Fsp3) is 0.455. The van der Waals surface area contributed by atoms with Crippen molar-refractivity contribution in [1.29, 1.82) is 0 Å². The molecule has 1 saturated carbocycles. The smallest absolute Gasteiger partial charge is 0.253 e. The SMILES string of the molecule is Cc1ncc(N)cc1C(=O)NC1CC1C. The zero-order chi connectivity index (χ0) is 11.0. The van der Waals surface area contributed by atoms with Gasteiger partial charge in [-0.2, -0.15) is 0 Å². The normalized spacial score (nSPS) is 23.6. The molecule has 2 atom stereocenters. The van der Waals surface area contributed by atoms with E-state index in [2.05, 4.69) is 17.2 Å². The first kappa shape index (κ1) is 9.96. The first-order valence-electron chi connectivity index (χ1n) is 5.11. The first-order valence-corrected chi connectivity index (χ1v) is 5.11. The van der Waals surface area contributed by atoms with Gasteiger partial charge < -0.3 is 11.1 Å². The predicted octanol–water partition coefficient (Wildman–Crippen LogP) is 1.11. The van der Waals surface area contributed by atoms with E-state index in [-0.39, 0.29) is 5.91 Å². The van der Waals surface area contributed by atoms with Gasteiger partial charge in [-0.25, -0.2) is 0 Å². The summed E-state index contributed by atoms with van der Waals surface area (Å²) in [5.74, 6) is 0.532. The molecule has 2 unspecified atom stereocenters. The highest BCUT2D eigenvalue weighted by molar-refractivity contribution is 5.96. The molecule has 3 N–H and O–H groups in total. The number of nitrogens with zero attached hydrogens (tertiary/aromatic N) is 1. The summed E-state index contributed by atoms with van der Waals surface area (Å²) in [5, 5.41) is 2.95. The lowest BCUT2D eigenvalue weighted by Gasteiger charge is -2.06. The lowest BCUT2D eigenvalue weighted by atomic mass is 10.2. The molecule has 0 bridgehead atoms. The van der Waals surface area contributed by atoms with Crippen LogP contribution in [0.2, 0.25) is 0 Å². The van der Waals surface area contributed by atoms with Crippen LogP contribution >= 0.6 is 0 Å². The summed E-state index contributed by atoms with van der Waals surface area (Å²) in [6.45, 7) is 3.93. The van der Waals surface area contributed by atoms with Crippen LogP contribution in [0.1, 0.15) is 29.4 Å². The van der Waals surface area contributed by atoms with Gasteiger partial charge in [0.25, 0.3) is 5.91 Å². The van der Waals surface area contributed by atoms with Gasteiger partial charge in [-0.1, -0.05) is 6.92 Å². The molecule has 1 amide bonds. The quantitative estimate of drug-likeness (QED) is 0.760. The van der Waals surface area contributed by atoms with Gasteiger partial charge in [0.1, 0.15) is 0 Å². The van der Waals surface area contributed by atoms with Crippen molar-refractivity contribution in [2.24, 2.45) is 5.92 Å². The number of nitrogens with two attached hydrogens (primary N) is 1. The number of hydrogen-bond acceptors (Lipinski definition) is 3. The molecule has 0 saturated heterocycles. The highest BCUT2D eigenvalue weighted by Crippen LogP contribution is 2.29. The van der Waals surface area contributed by atoms with Gasteiger partial charge in [-0.05, 0) is 25.3 Å². The second-order valence-electron chi connectivity index (χ2n) is 4.19. The fourth-order valence-corrected chi connectivity index (χ4v) is 1.55. The van der Waals surface area contributed by atoms with Crippen molar-refractivity contribution in [2.45, 2.75) is 26.3 Å². The van der Waals surface area contributed by atoms with E-state index in [1.165, 1.54) is 0 Å². The molecule has 1 aromatic heterocycles. The van der Waals surface area contributed by atoms with Gasteiger partial charge >= 0.3 is 0 Å². The average molecular weight is 205 g/mol. The Balaban J connectivity index is 2.14. The Kier molecular flexibility index (Phi) is 2.34. The van der Waals surface area contributed by atoms with Crippen LogP contribution in [-0.4, -0.2) is 16.9 Å². The number of pyridine rings is 1. The van der Waals surface area contributed by atoms with E-state index in [1.54, 1.807) is 12.3 Å². The average Bonchev–Trinajstić information content (AvgIpc) is 2.86. The van der Waals surface area contributed by atoms with E-state index in [1.807, 2.05) is 6.92 Å². The minimum atomic E-state index is -0.0679. The van der Waals surface area contributed by atoms with Crippen LogP contribution in [0.15, 0.2) is 12.3 Å². The van der Waals surface area contributed by atoms with E-state index in [0.29, 0.717) is 23.2 Å². The number of carbonyl (C=O) groups excluding carboxylic acids is 1. The molecule has 1 heterocycles. The van der Waals surface area contributed by atoms with Crippen molar-refractivity contribution in [3.05, 3.63) is 23.5 Å². The zero-order valence-corrected chi connectivity index (χ0v) is 8.95. The van der Waals surface area contributed by atoms with Crippen molar-refractivity contribution in [3.8, 4) is 0 Å². The van der Waals surface area contributed by atoms with Gasteiger partial charge in [0.05, 0.1) is 23.1 Å². The van der Waals surface area contributed by atoms with Gasteiger partial charge in [0.15, 0.2) is 0 Å². The van der Waals surface area contributed by atoms with E-state index in [4.69, 9.17) is 5.73 Å². The van der Waals surface area contributed by atoms with Crippen LogP contribution in [0, 0.1) is 12.8 Å². The molecule has 1 aromatic rings. The van der Waals surface area contributed by atoms with Gasteiger partial charge in [-0.3, -0.25) is 9.78 Å². The lowest BCUT2D eigenvalue weighted by molar-refractivity contribution is 0.0948. The Bertz CT molecular complexity index is 403. The summed E-state index contributed by atoms with van der Waals surface area (Å²) < 4.78 is 0. The molecule has 1 fully saturated rings. The van der Waals surface area contributed by atoms with Crippen molar-refractivity contribution in [2.75, 3.05) is 5.73 Å². The van der Waals surface area contributed by atoms with Crippen LogP contribution < -0.4 is 11.1 Å². The Morgan fingerprint density at radius 1 is 1.67 bits per heavy atom. The molecule has 4 heteroatoms.